The van der Waals surface area contributed by atoms with Gasteiger partial charge in [-0.2, -0.15) is 0 Å². The fourth-order valence-corrected chi connectivity index (χ4v) is 5.59. The van der Waals surface area contributed by atoms with Crippen LogP contribution in [0.2, 0.25) is 0 Å². The van der Waals surface area contributed by atoms with Crippen molar-refractivity contribution in [3.63, 3.8) is 0 Å². The molecule has 0 amide bonds. The molecule has 0 saturated heterocycles. The zero-order valence-electron chi connectivity index (χ0n) is 20.7. The molecule has 1 N–H and O–H groups in total. The summed E-state index contributed by atoms with van der Waals surface area (Å²) < 4.78 is 8.48. The summed E-state index contributed by atoms with van der Waals surface area (Å²) in [6.45, 7) is 0. The molecule has 5 aromatic carbocycles. The van der Waals surface area contributed by atoms with Crippen molar-refractivity contribution in [2.24, 2.45) is 0 Å². The number of para-hydroxylation sites is 1. The van der Waals surface area contributed by atoms with Gasteiger partial charge in [-0.3, -0.25) is 4.57 Å². The van der Waals surface area contributed by atoms with Gasteiger partial charge in [0, 0.05) is 45.3 Å². The summed E-state index contributed by atoms with van der Waals surface area (Å²) in [5.41, 5.74) is 2.59. The van der Waals surface area contributed by atoms with Crippen molar-refractivity contribution in [2.75, 3.05) is 0 Å². The minimum absolute atomic E-state index is 0.158. The summed E-state index contributed by atoms with van der Waals surface area (Å²) in [6.07, 6.45) is 1.85. The van der Waals surface area contributed by atoms with Gasteiger partial charge in [0.15, 0.2) is 0 Å². The number of aromatic nitrogens is 3. The first kappa shape index (κ1) is 21.6. The molecule has 3 heterocycles. The molecule has 184 valence electrons. The number of pyridine rings is 2. The number of hydrogen-bond donors (Lipinski definition) is 1. The Morgan fingerprint density at radius 3 is 2.23 bits per heavy atom. The van der Waals surface area contributed by atoms with Crippen LogP contribution in [0.3, 0.4) is 0 Å². The lowest BCUT2D eigenvalue weighted by molar-refractivity contribution is 0.461. The first-order valence-electron chi connectivity index (χ1n) is 12.8. The van der Waals surface area contributed by atoms with Gasteiger partial charge in [-0.1, -0.05) is 66.7 Å². The van der Waals surface area contributed by atoms with Crippen LogP contribution in [0.1, 0.15) is 0 Å². The molecule has 0 unspecified atom stereocenters. The molecule has 8 rings (SSSR count). The van der Waals surface area contributed by atoms with Gasteiger partial charge in [0.25, 0.3) is 0 Å². The van der Waals surface area contributed by atoms with Crippen LogP contribution in [0.5, 0.6) is 17.4 Å². The maximum absolute atomic E-state index is 10.9. The number of hydrogen-bond acceptors (Lipinski definition) is 4. The van der Waals surface area contributed by atoms with Gasteiger partial charge in [0.2, 0.25) is 5.88 Å². The third-order valence-corrected chi connectivity index (χ3v) is 7.38. The zero-order valence-corrected chi connectivity index (χ0v) is 20.7. The fraction of sp³-hybridized carbons (Fsp3) is 0. The van der Waals surface area contributed by atoms with Gasteiger partial charge >= 0.3 is 0 Å². The van der Waals surface area contributed by atoms with E-state index in [4.69, 9.17) is 9.72 Å². The second-order valence-corrected chi connectivity index (χ2v) is 9.66. The van der Waals surface area contributed by atoms with Crippen molar-refractivity contribution >= 4 is 54.3 Å². The van der Waals surface area contributed by atoms with E-state index in [0.29, 0.717) is 17.1 Å². The number of nitrogens with zero attached hydrogens (tertiary/aromatic N) is 3. The average Bonchev–Trinajstić information content (AvgIpc) is 3.31. The minimum atomic E-state index is 0.158. The Morgan fingerprint density at radius 1 is 0.590 bits per heavy atom. The standard InChI is InChI=1S/C34H21N3O2/c38-33-25-9-3-2-8-22(25)19-23-13-16-31(36-32(23)33)39-24-14-15-28-27-11-5-6-12-29(27)37(30(28)20-24)34-26-10-4-1-7-21(26)17-18-35-34/h1-20,38H. The second kappa shape index (κ2) is 8.30. The Labute approximate surface area is 223 Å². The van der Waals surface area contributed by atoms with Crippen LogP contribution in [-0.2, 0) is 0 Å². The van der Waals surface area contributed by atoms with Crippen LogP contribution < -0.4 is 4.74 Å². The summed E-state index contributed by atoms with van der Waals surface area (Å²) >= 11 is 0. The fourth-order valence-electron chi connectivity index (χ4n) is 5.59. The number of fused-ring (bicyclic) bond motifs is 6. The zero-order chi connectivity index (χ0) is 25.9. The Hall–Kier alpha value is -5.42. The van der Waals surface area contributed by atoms with E-state index >= 15 is 0 Å². The Balaban J connectivity index is 1.30. The monoisotopic (exact) mass is 503 g/mol. The summed E-state index contributed by atoms with van der Waals surface area (Å²) in [5, 5.41) is 18.0. The molecule has 0 atom stereocenters. The molecule has 0 aliphatic rings. The summed E-state index contributed by atoms with van der Waals surface area (Å²) in [6, 6.07) is 38.3. The largest absolute Gasteiger partial charge is 0.505 e. The maximum Gasteiger partial charge on any atom is 0.219 e. The molecule has 0 bridgehead atoms. The van der Waals surface area contributed by atoms with Crippen LogP contribution in [-0.4, -0.2) is 19.6 Å². The summed E-state index contributed by atoms with van der Waals surface area (Å²) in [4.78, 5) is 9.49. The molecule has 0 aliphatic carbocycles. The van der Waals surface area contributed by atoms with Crippen LogP contribution in [0, 0.1) is 0 Å². The molecular weight excluding hydrogens is 482 g/mol. The van der Waals surface area contributed by atoms with E-state index in [-0.39, 0.29) is 5.75 Å². The Kier molecular flexibility index (Phi) is 4.60. The minimum Gasteiger partial charge on any atom is -0.505 e. The van der Waals surface area contributed by atoms with Gasteiger partial charge in [-0.15, -0.1) is 0 Å². The van der Waals surface area contributed by atoms with Crippen LogP contribution in [0.4, 0.5) is 0 Å². The predicted molar refractivity (Wildman–Crippen MR) is 157 cm³/mol. The highest BCUT2D eigenvalue weighted by molar-refractivity contribution is 6.10. The quantitative estimate of drug-likeness (QED) is 0.246. The topological polar surface area (TPSA) is 60.2 Å². The highest BCUT2D eigenvalue weighted by Crippen LogP contribution is 2.37. The number of rotatable bonds is 3. The second-order valence-electron chi connectivity index (χ2n) is 9.66. The van der Waals surface area contributed by atoms with Crippen molar-refractivity contribution in [1.29, 1.82) is 0 Å². The van der Waals surface area contributed by atoms with E-state index in [0.717, 1.165) is 54.6 Å². The van der Waals surface area contributed by atoms with Gasteiger partial charge in [0.05, 0.1) is 11.0 Å². The van der Waals surface area contributed by atoms with Crippen molar-refractivity contribution in [3.8, 4) is 23.2 Å². The van der Waals surface area contributed by atoms with E-state index in [9.17, 15) is 5.11 Å². The smallest absolute Gasteiger partial charge is 0.219 e. The van der Waals surface area contributed by atoms with E-state index in [1.165, 1.54) is 0 Å². The SMILES string of the molecule is Oc1c2ccccc2cc2ccc(Oc3ccc4c5ccccc5n(-c5nccc6ccccc56)c4c3)nc12. The Morgan fingerprint density at radius 2 is 1.33 bits per heavy atom. The lowest BCUT2D eigenvalue weighted by Gasteiger charge is -2.11. The lowest BCUT2D eigenvalue weighted by atomic mass is 10.1. The van der Waals surface area contributed by atoms with E-state index in [1.807, 2.05) is 79.0 Å². The van der Waals surface area contributed by atoms with Gasteiger partial charge < -0.3 is 9.84 Å². The van der Waals surface area contributed by atoms with Gasteiger partial charge in [-0.05, 0) is 47.2 Å². The molecule has 0 saturated carbocycles. The average molecular weight is 504 g/mol. The van der Waals surface area contributed by atoms with Crippen molar-refractivity contribution in [1.82, 2.24) is 14.5 Å². The molecule has 5 heteroatoms. The molecule has 3 aromatic heterocycles. The summed E-state index contributed by atoms with van der Waals surface area (Å²) in [5.74, 6) is 2.10. The number of benzene rings is 5. The van der Waals surface area contributed by atoms with Crippen molar-refractivity contribution < 1.29 is 9.84 Å². The third-order valence-electron chi connectivity index (χ3n) is 7.38. The lowest BCUT2D eigenvalue weighted by Crippen LogP contribution is -1.98. The molecule has 0 spiro atoms. The number of aromatic hydroxyl groups is 1. The molecule has 0 fully saturated rings. The van der Waals surface area contributed by atoms with Crippen LogP contribution in [0.25, 0.3) is 60.1 Å². The first-order chi connectivity index (χ1) is 19.2. The highest BCUT2D eigenvalue weighted by atomic mass is 16.5. The molecule has 39 heavy (non-hydrogen) atoms. The number of phenols is 1. The highest BCUT2D eigenvalue weighted by Gasteiger charge is 2.16. The van der Waals surface area contributed by atoms with Gasteiger partial charge in [-0.25, -0.2) is 9.97 Å². The van der Waals surface area contributed by atoms with E-state index in [2.05, 4.69) is 52.0 Å². The van der Waals surface area contributed by atoms with E-state index < -0.39 is 0 Å². The molecule has 0 radical (unpaired) electrons. The molecule has 0 aliphatic heterocycles. The van der Waals surface area contributed by atoms with Crippen molar-refractivity contribution in [2.45, 2.75) is 0 Å². The molecule has 8 aromatic rings. The van der Waals surface area contributed by atoms with E-state index in [1.54, 1.807) is 0 Å². The summed E-state index contributed by atoms with van der Waals surface area (Å²) in [7, 11) is 0. The normalized spacial score (nSPS) is 11.7. The first-order valence-corrected chi connectivity index (χ1v) is 12.8. The van der Waals surface area contributed by atoms with Gasteiger partial charge in [0.1, 0.15) is 22.8 Å². The molecular formula is C34H21N3O2. The Bertz CT molecular complexity index is 2230. The van der Waals surface area contributed by atoms with Crippen LogP contribution in [0.15, 0.2) is 121 Å². The van der Waals surface area contributed by atoms with Crippen molar-refractivity contribution in [3.05, 3.63) is 121 Å². The van der Waals surface area contributed by atoms with Crippen LogP contribution >= 0.6 is 0 Å². The third kappa shape index (κ3) is 3.33. The predicted octanol–water partition coefficient (Wildman–Crippen LogP) is 8.53. The maximum atomic E-state index is 10.9. The molecule has 5 nitrogen and oxygen atoms in total. The number of phenolic OH excluding ortho intramolecular Hbond substituents is 1. The number of ether oxygens (including phenoxy) is 1.